The lowest BCUT2D eigenvalue weighted by Gasteiger charge is -2.13. The van der Waals surface area contributed by atoms with Crippen molar-refractivity contribution in [3.05, 3.63) is 206 Å². The number of aromatic nitrogens is 4. The van der Waals surface area contributed by atoms with Crippen LogP contribution in [0.1, 0.15) is 0 Å². The molecule has 9 aromatic carbocycles. The van der Waals surface area contributed by atoms with Crippen LogP contribution >= 0.6 is 0 Å². The summed E-state index contributed by atoms with van der Waals surface area (Å²) in [6.07, 6.45) is 0. The van der Waals surface area contributed by atoms with Gasteiger partial charge >= 0.3 is 0 Å². The second-order valence-corrected chi connectivity index (χ2v) is 15.1. The van der Waals surface area contributed by atoms with E-state index in [0.717, 1.165) is 83.1 Å². The first-order chi connectivity index (χ1) is 29.3. The quantitative estimate of drug-likeness (QED) is 0.165. The Morgan fingerprint density at radius 1 is 0.339 bits per heavy atom. The molecule has 4 nitrogen and oxygen atoms in total. The van der Waals surface area contributed by atoms with Gasteiger partial charge in [-0.3, -0.25) is 0 Å². The zero-order chi connectivity index (χ0) is 38.9. The van der Waals surface area contributed by atoms with Crippen LogP contribution in [0.2, 0.25) is 0 Å². The van der Waals surface area contributed by atoms with Gasteiger partial charge in [0.2, 0.25) is 0 Å². The highest BCUT2D eigenvalue weighted by Gasteiger charge is 2.20. The summed E-state index contributed by atoms with van der Waals surface area (Å²) in [5, 5.41) is 9.25. The molecule has 0 unspecified atom stereocenters. The summed E-state index contributed by atoms with van der Waals surface area (Å²) in [5.74, 6) is 0.710. The molecule has 3 aromatic heterocycles. The smallest absolute Gasteiger partial charge is 0.160 e. The highest BCUT2D eigenvalue weighted by molar-refractivity contribution is 6.23. The molecular formula is C55H34N4. The summed E-state index contributed by atoms with van der Waals surface area (Å²) in [7, 11) is 0. The van der Waals surface area contributed by atoms with Crippen LogP contribution in [0.4, 0.5) is 0 Å². The Morgan fingerprint density at radius 2 is 0.983 bits per heavy atom. The van der Waals surface area contributed by atoms with Gasteiger partial charge in [0.15, 0.2) is 5.82 Å². The van der Waals surface area contributed by atoms with E-state index in [9.17, 15) is 0 Å². The van der Waals surface area contributed by atoms with Crippen LogP contribution in [0, 0.1) is 0 Å². The molecule has 0 atom stereocenters. The lowest BCUT2D eigenvalue weighted by atomic mass is 9.98. The van der Waals surface area contributed by atoms with Crippen LogP contribution in [0.25, 0.3) is 116 Å². The standard InChI is InChI=1S/C55H34N4/c1-3-15-37(16-4-1)51-44-22-10-9-21-42(44)45-31-32-46-48-34-39(30-33-50(48)59(54(46)53(45)57-51)40-18-5-2-6-19-40)35-26-28-38(29-27-35)55-56-49-25-12-11-23-47(49)52(58-55)43-24-13-17-36-14-7-8-20-41(36)43/h1-34H. The van der Waals surface area contributed by atoms with E-state index in [4.69, 9.17) is 15.0 Å². The summed E-state index contributed by atoms with van der Waals surface area (Å²) in [4.78, 5) is 15.8. The fraction of sp³-hybridized carbons (Fsp3) is 0. The van der Waals surface area contributed by atoms with Gasteiger partial charge in [-0.05, 0) is 57.6 Å². The van der Waals surface area contributed by atoms with Crippen LogP contribution in [-0.2, 0) is 0 Å². The third-order valence-electron chi connectivity index (χ3n) is 11.8. The maximum atomic E-state index is 5.53. The maximum Gasteiger partial charge on any atom is 0.160 e. The molecule has 3 heterocycles. The van der Waals surface area contributed by atoms with E-state index in [2.05, 4.69) is 205 Å². The van der Waals surface area contributed by atoms with Gasteiger partial charge in [0, 0.05) is 49.3 Å². The topological polar surface area (TPSA) is 43.6 Å². The van der Waals surface area contributed by atoms with E-state index in [0.29, 0.717) is 5.82 Å². The molecule has 0 fully saturated rings. The highest BCUT2D eigenvalue weighted by Crippen LogP contribution is 2.42. The Morgan fingerprint density at radius 3 is 1.81 bits per heavy atom. The zero-order valence-electron chi connectivity index (χ0n) is 31.9. The van der Waals surface area contributed by atoms with Gasteiger partial charge in [0.05, 0.1) is 33.5 Å². The van der Waals surface area contributed by atoms with E-state index in [1.807, 2.05) is 6.07 Å². The van der Waals surface area contributed by atoms with Gasteiger partial charge in [-0.2, -0.15) is 0 Å². The van der Waals surface area contributed by atoms with Crippen molar-refractivity contribution in [2.75, 3.05) is 0 Å². The molecule has 0 aliphatic heterocycles. The van der Waals surface area contributed by atoms with E-state index >= 15 is 0 Å². The Balaban J connectivity index is 1.02. The number of hydrogen-bond acceptors (Lipinski definition) is 3. The molecule has 0 saturated heterocycles. The first-order valence-electron chi connectivity index (χ1n) is 20.0. The van der Waals surface area contributed by atoms with Crippen molar-refractivity contribution in [3.63, 3.8) is 0 Å². The lowest BCUT2D eigenvalue weighted by Crippen LogP contribution is -1.96. The minimum absolute atomic E-state index is 0.710. The Kier molecular flexibility index (Phi) is 7.50. The number of benzene rings is 9. The maximum absolute atomic E-state index is 5.53. The molecule has 0 amide bonds. The summed E-state index contributed by atoms with van der Waals surface area (Å²) < 4.78 is 2.39. The van der Waals surface area contributed by atoms with Crippen LogP contribution in [-0.4, -0.2) is 19.5 Å². The average Bonchev–Trinajstić information content (AvgIpc) is 3.65. The molecular weight excluding hydrogens is 717 g/mol. The van der Waals surface area contributed by atoms with Gasteiger partial charge in [-0.1, -0.05) is 176 Å². The lowest BCUT2D eigenvalue weighted by molar-refractivity contribution is 1.18. The van der Waals surface area contributed by atoms with Gasteiger partial charge < -0.3 is 4.57 Å². The number of rotatable bonds is 5. The van der Waals surface area contributed by atoms with Crippen molar-refractivity contribution >= 4 is 65.2 Å². The molecule has 12 rings (SSSR count). The minimum atomic E-state index is 0.710. The molecule has 0 bridgehead atoms. The molecule has 0 spiro atoms. The summed E-state index contributed by atoms with van der Waals surface area (Å²) >= 11 is 0. The fourth-order valence-corrected chi connectivity index (χ4v) is 9.01. The molecule has 0 aliphatic carbocycles. The highest BCUT2D eigenvalue weighted by atomic mass is 15.0. The first kappa shape index (κ1) is 33.2. The first-order valence-corrected chi connectivity index (χ1v) is 20.0. The van der Waals surface area contributed by atoms with E-state index < -0.39 is 0 Å². The monoisotopic (exact) mass is 750 g/mol. The zero-order valence-corrected chi connectivity index (χ0v) is 31.9. The molecule has 274 valence electrons. The third-order valence-corrected chi connectivity index (χ3v) is 11.8. The van der Waals surface area contributed by atoms with Gasteiger partial charge in [-0.15, -0.1) is 0 Å². The van der Waals surface area contributed by atoms with Crippen molar-refractivity contribution in [2.45, 2.75) is 0 Å². The summed E-state index contributed by atoms with van der Waals surface area (Å²) in [6, 6.07) is 73.1. The molecule has 4 heteroatoms. The van der Waals surface area contributed by atoms with Crippen molar-refractivity contribution in [3.8, 4) is 50.7 Å². The fourth-order valence-electron chi connectivity index (χ4n) is 9.01. The SMILES string of the molecule is c1ccc(-c2nc3c(ccc4c5cc(-c6ccc(-c7nc(-c8cccc9ccccc89)c8ccccc8n7)cc6)ccc5n(-c5ccccc5)c43)c3ccccc23)cc1. The van der Waals surface area contributed by atoms with Gasteiger partial charge in [0.25, 0.3) is 0 Å². The Bertz CT molecular complexity index is 3580. The normalized spacial score (nSPS) is 11.7. The largest absolute Gasteiger partial charge is 0.307 e. The minimum Gasteiger partial charge on any atom is -0.307 e. The number of pyridine rings is 1. The average molecular weight is 751 g/mol. The van der Waals surface area contributed by atoms with Crippen LogP contribution < -0.4 is 0 Å². The van der Waals surface area contributed by atoms with Crippen LogP contribution in [0.5, 0.6) is 0 Å². The van der Waals surface area contributed by atoms with Gasteiger partial charge in [-0.25, -0.2) is 15.0 Å². The Labute approximate surface area is 340 Å². The van der Waals surface area contributed by atoms with E-state index in [1.165, 1.54) is 26.9 Å². The molecule has 0 N–H and O–H groups in total. The predicted octanol–water partition coefficient (Wildman–Crippen LogP) is 14.2. The van der Waals surface area contributed by atoms with E-state index in [1.54, 1.807) is 0 Å². The molecule has 59 heavy (non-hydrogen) atoms. The van der Waals surface area contributed by atoms with Crippen molar-refractivity contribution in [1.29, 1.82) is 0 Å². The molecule has 0 saturated carbocycles. The van der Waals surface area contributed by atoms with Crippen LogP contribution in [0.15, 0.2) is 206 Å². The van der Waals surface area contributed by atoms with Crippen molar-refractivity contribution in [2.24, 2.45) is 0 Å². The second kappa shape index (κ2) is 13.3. The van der Waals surface area contributed by atoms with Crippen LogP contribution in [0.3, 0.4) is 0 Å². The van der Waals surface area contributed by atoms with Gasteiger partial charge in [0.1, 0.15) is 0 Å². The van der Waals surface area contributed by atoms with Crippen molar-refractivity contribution in [1.82, 2.24) is 19.5 Å². The Hall–Kier alpha value is -7.95. The second-order valence-electron chi connectivity index (χ2n) is 15.1. The summed E-state index contributed by atoms with van der Waals surface area (Å²) in [5.41, 5.74) is 12.7. The number of fused-ring (bicyclic) bond motifs is 9. The van der Waals surface area contributed by atoms with E-state index in [-0.39, 0.29) is 0 Å². The third kappa shape index (κ3) is 5.34. The molecule has 0 aliphatic rings. The number of para-hydroxylation sites is 2. The molecule has 12 aromatic rings. The number of nitrogens with zero attached hydrogens (tertiary/aromatic N) is 4. The number of hydrogen-bond donors (Lipinski definition) is 0. The van der Waals surface area contributed by atoms with Crippen molar-refractivity contribution < 1.29 is 0 Å². The predicted molar refractivity (Wildman–Crippen MR) is 246 cm³/mol. The molecule has 0 radical (unpaired) electrons. The summed E-state index contributed by atoms with van der Waals surface area (Å²) in [6.45, 7) is 0.